The number of thioether (sulfide) groups is 1. The zero-order chi connectivity index (χ0) is 18.4. The number of rotatable bonds is 3. The predicted molar refractivity (Wildman–Crippen MR) is 87.3 cm³/mol. The highest BCUT2D eigenvalue weighted by molar-refractivity contribution is 7.99. The molecule has 10 heteroatoms. The minimum atomic E-state index is -5.08. The van der Waals surface area contributed by atoms with Crippen LogP contribution in [0.5, 0.6) is 0 Å². The second-order valence-corrected chi connectivity index (χ2v) is 6.60. The van der Waals surface area contributed by atoms with Crippen LogP contribution in [-0.2, 0) is 11.3 Å². The molecule has 138 valence electrons. The van der Waals surface area contributed by atoms with Gasteiger partial charge in [-0.25, -0.2) is 4.79 Å². The first-order valence-corrected chi connectivity index (χ1v) is 8.62. The van der Waals surface area contributed by atoms with E-state index in [0.717, 1.165) is 29.5 Å². The average Bonchev–Trinajstić information content (AvgIpc) is 3.17. The van der Waals surface area contributed by atoms with Crippen molar-refractivity contribution in [3.63, 3.8) is 0 Å². The Labute approximate surface area is 146 Å². The van der Waals surface area contributed by atoms with Gasteiger partial charge in [-0.1, -0.05) is 0 Å². The fourth-order valence-electron chi connectivity index (χ4n) is 2.14. The van der Waals surface area contributed by atoms with Crippen molar-refractivity contribution < 1.29 is 27.5 Å². The third kappa shape index (κ3) is 6.13. The van der Waals surface area contributed by atoms with Gasteiger partial charge in [-0.15, -0.1) is 0 Å². The summed E-state index contributed by atoms with van der Waals surface area (Å²) < 4.78 is 37.3. The van der Waals surface area contributed by atoms with Crippen molar-refractivity contribution in [1.82, 2.24) is 15.1 Å². The van der Waals surface area contributed by atoms with Crippen molar-refractivity contribution in [2.24, 2.45) is 0 Å². The molecule has 2 aromatic heterocycles. The molecule has 0 atom stereocenters. The van der Waals surface area contributed by atoms with Gasteiger partial charge < -0.3 is 9.52 Å². The average molecular weight is 377 g/mol. The molecule has 0 saturated carbocycles. The summed E-state index contributed by atoms with van der Waals surface area (Å²) in [5.74, 6) is 1.47. The minimum Gasteiger partial charge on any atom is -0.475 e. The van der Waals surface area contributed by atoms with E-state index >= 15 is 0 Å². The van der Waals surface area contributed by atoms with Crippen LogP contribution in [0.2, 0.25) is 0 Å². The Balaban J connectivity index is 0.000000277. The number of aryl methyl sites for hydroxylation is 1. The van der Waals surface area contributed by atoms with Crippen LogP contribution in [0.3, 0.4) is 0 Å². The topological polar surface area (TPSA) is 82.4 Å². The molecule has 25 heavy (non-hydrogen) atoms. The van der Waals surface area contributed by atoms with Crippen molar-refractivity contribution in [2.45, 2.75) is 19.6 Å². The first-order valence-electron chi connectivity index (χ1n) is 7.47. The third-order valence-electron chi connectivity index (χ3n) is 3.36. The lowest BCUT2D eigenvalue weighted by Gasteiger charge is -2.25. The summed E-state index contributed by atoms with van der Waals surface area (Å²) in [6.45, 7) is 5.23. The van der Waals surface area contributed by atoms with E-state index in [9.17, 15) is 13.2 Å². The molecular formula is C15H18F3N3O3S. The molecule has 3 heterocycles. The normalized spacial score (nSPS) is 15.5. The van der Waals surface area contributed by atoms with E-state index in [4.69, 9.17) is 14.3 Å². The number of carboxylic acids is 1. The van der Waals surface area contributed by atoms with Gasteiger partial charge in [0, 0.05) is 36.8 Å². The number of nitrogens with one attached hydrogen (secondary N) is 1. The fourth-order valence-corrected chi connectivity index (χ4v) is 3.12. The molecule has 0 aromatic carbocycles. The van der Waals surface area contributed by atoms with Gasteiger partial charge in [-0.2, -0.15) is 30.0 Å². The first-order chi connectivity index (χ1) is 11.8. The van der Waals surface area contributed by atoms with E-state index in [0.29, 0.717) is 0 Å². The molecule has 1 fully saturated rings. The fraction of sp³-hybridized carbons (Fsp3) is 0.467. The highest BCUT2D eigenvalue weighted by atomic mass is 32.2. The molecule has 0 unspecified atom stereocenters. The largest absolute Gasteiger partial charge is 0.490 e. The molecule has 1 aliphatic heterocycles. The maximum Gasteiger partial charge on any atom is 0.490 e. The van der Waals surface area contributed by atoms with E-state index in [1.165, 1.54) is 24.6 Å². The molecule has 1 aliphatic rings. The molecule has 2 aromatic rings. The van der Waals surface area contributed by atoms with Crippen LogP contribution in [0.4, 0.5) is 13.2 Å². The van der Waals surface area contributed by atoms with Crippen molar-refractivity contribution in [1.29, 1.82) is 0 Å². The number of aliphatic carboxylic acids is 1. The number of hydrogen-bond acceptors (Lipinski definition) is 5. The lowest BCUT2D eigenvalue weighted by atomic mass is 10.3. The second kappa shape index (κ2) is 8.43. The number of aromatic amines is 1. The maximum absolute atomic E-state index is 10.6. The van der Waals surface area contributed by atoms with Gasteiger partial charge in [-0.3, -0.25) is 10.00 Å². The lowest BCUT2D eigenvalue weighted by Crippen LogP contribution is -2.32. The number of alkyl halides is 3. The van der Waals surface area contributed by atoms with Crippen molar-refractivity contribution in [2.75, 3.05) is 24.6 Å². The van der Waals surface area contributed by atoms with E-state index in [2.05, 4.69) is 21.2 Å². The van der Waals surface area contributed by atoms with Crippen LogP contribution >= 0.6 is 11.8 Å². The van der Waals surface area contributed by atoms with E-state index in [1.807, 2.05) is 30.8 Å². The SMILES string of the molecule is Cc1ccc(-c2cc(CN3CCSCC3)[nH]n2)o1.O=C(O)C(F)(F)F. The summed E-state index contributed by atoms with van der Waals surface area (Å²) in [6.07, 6.45) is -5.08. The number of carbonyl (C=O) groups is 1. The third-order valence-corrected chi connectivity index (χ3v) is 4.31. The van der Waals surface area contributed by atoms with Crippen LogP contribution in [0, 0.1) is 6.92 Å². The van der Waals surface area contributed by atoms with Crippen molar-refractivity contribution in [3.8, 4) is 11.5 Å². The maximum atomic E-state index is 10.6. The first kappa shape index (κ1) is 19.4. The molecule has 0 bridgehead atoms. The Hall–Kier alpha value is -1.94. The smallest absolute Gasteiger partial charge is 0.475 e. The molecule has 0 amide bonds. The molecule has 3 rings (SSSR count). The Morgan fingerprint density at radius 3 is 2.56 bits per heavy atom. The summed E-state index contributed by atoms with van der Waals surface area (Å²) in [5.41, 5.74) is 2.05. The number of furan rings is 1. The summed E-state index contributed by atoms with van der Waals surface area (Å²) in [5, 5.41) is 14.5. The predicted octanol–water partition coefficient (Wildman–Crippen LogP) is 3.16. The summed E-state index contributed by atoms with van der Waals surface area (Å²) in [4.78, 5) is 11.4. The second-order valence-electron chi connectivity index (χ2n) is 5.38. The van der Waals surface area contributed by atoms with Gasteiger partial charge in [0.05, 0.1) is 0 Å². The molecule has 0 spiro atoms. The van der Waals surface area contributed by atoms with Crippen molar-refractivity contribution in [3.05, 3.63) is 29.7 Å². The minimum absolute atomic E-state index is 0.837. The van der Waals surface area contributed by atoms with Crippen LogP contribution in [0.1, 0.15) is 11.5 Å². The van der Waals surface area contributed by atoms with Crippen molar-refractivity contribution >= 4 is 17.7 Å². The standard InChI is InChI=1S/C13H17N3OS.C2HF3O2/c1-10-2-3-13(17-10)12-8-11(14-15-12)9-16-4-6-18-7-5-16;3-2(4,5)1(6)7/h2-3,8H,4-7,9H2,1H3,(H,14,15);(H,6,7). The molecule has 1 saturated heterocycles. The van der Waals surface area contributed by atoms with E-state index in [-0.39, 0.29) is 0 Å². The molecule has 0 radical (unpaired) electrons. The Morgan fingerprint density at radius 2 is 2.04 bits per heavy atom. The van der Waals surface area contributed by atoms with Gasteiger partial charge in [-0.05, 0) is 25.1 Å². The Morgan fingerprint density at radius 1 is 1.40 bits per heavy atom. The lowest BCUT2D eigenvalue weighted by molar-refractivity contribution is -0.192. The quantitative estimate of drug-likeness (QED) is 0.855. The molecule has 0 aliphatic carbocycles. The Kier molecular flexibility index (Phi) is 6.54. The highest BCUT2D eigenvalue weighted by Gasteiger charge is 2.38. The van der Waals surface area contributed by atoms with Crippen LogP contribution in [0.15, 0.2) is 22.6 Å². The molecule has 2 N–H and O–H groups in total. The monoisotopic (exact) mass is 377 g/mol. The van der Waals surface area contributed by atoms with Gasteiger partial charge in [0.15, 0.2) is 5.76 Å². The number of aromatic nitrogens is 2. The zero-order valence-corrected chi connectivity index (χ0v) is 14.3. The van der Waals surface area contributed by atoms with Gasteiger partial charge in [0.2, 0.25) is 0 Å². The Bertz CT molecular complexity index is 693. The summed E-state index contributed by atoms with van der Waals surface area (Å²) >= 11 is 2.03. The number of nitrogens with zero attached hydrogens (tertiary/aromatic N) is 2. The van der Waals surface area contributed by atoms with E-state index in [1.54, 1.807) is 0 Å². The van der Waals surface area contributed by atoms with E-state index < -0.39 is 12.1 Å². The van der Waals surface area contributed by atoms with Crippen LogP contribution < -0.4 is 0 Å². The molecular weight excluding hydrogens is 359 g/mol. The summed E-state index contributed by atoms with van der Waals surface area (Å²) in [6, 6.07) is 6.01. The van der Waals surface area contributed by atoms with Crippen LogP contribution in [-0.4, -0.2) is 56.9 Å². The van der Waals surface area contributed by atoms with Gasteiger partial charge in [0.25, 0.3) is 0 Å². The summed E-state index contributed by atoms with van der Waals surface area (Å²) in [7, 11) is 0. The molecule has 6 nitrogen and oxygen atoms in total. The highest BCUT2D eigenvalue weighted by Crippen LogP contribution is 2.21. The zero-order valence-electron chi connectivity index (χ0n) is 13.5. The van der Waals surface area contributed by atoms with Crippen LogP contribution in [0.25, 0.3) is 11.5 Å². The number of halogens is 3. The van der Waals surface area contributed by atoms with Gasteiger partial charge >= 0.3 is 12.1 Å². The number of H-pyrrole nitrogens is 1. The number of hydrogen-bond donors (Lipinski definition) is 2. The van der Waals surface area contributed by atoms with Gasteiger partial charge in [0.1, 0.15) is 11.5 Å². The number of carboxylic acid groups (broad SMARTS) is 1.